The smallest absolute Gasteiger partial charge is 0.325 e. The van der Waals surface area contributed by atoms with Crippen LogP contribution in [0.2, 0.25) is 0 Å². The molecule has 2 N–H and O–H groups in total. The van der Waals surface area contributed by atoms with Crippen molar-refractivity contribution < 1.29 is 26.3 Å². The molecule has 0 heterocycles. The minimum atomic E-state index is -4.65. The predicted octanol–water partition coefficient (Wildman–Crippen LogP) is 3.71. The minimum Gasteiger partial charge on any atom is -0.325 e. The highest BCUT2D eigenvalue weighted by Gasteiger charge is 2.37. The Hall–Kier alpha value is -0.500. The van der Waals surface area contributed by atoms with E-state index in [1.807, 2.05) is 6.92 Å². The van der Waals surface area contributed by atoms with Crippen molar-refractivity contribution in [3.8, 4) is 0 Å². The van der Waals surface area contributed by atoms with E-state index < -0.39 is 31.0 Å². The summed E-state index contributed by atoms with van der Waals surface area (Å²) < 4.78 is 73.6. The normalized spacial score (nSPS) is 16.5. The quantitative estimate of drug-likeness (QED) is 0.693. The van der Waals surface area contributed by atoms with Crippen molar-refractivity contribution in [1.29, 1.82) is 0 Å². The summed E-state index contributed by atoms with van der Waals surface area (Å²) in [4.78, 5) is 0.358. The molecule has 0 aliphatic carbocycles. The van der Waals surface area contributed by atoms with E-state index in [1.54, 1.807) is 6.92 Å². The first kappa shape index (κ1) is 19.5. The maximum atomic E-state index is 12.3. The van der Waals surface area contributed by atoms with Gasteiger partial charge in [0.05, 0.1) is 13.1 Å². The van der Waals surface area contributed by atoms with Gasteiger partial charge in [0.15, 0.2) is 0 Å². The van der Waals surface area contributed by atoms with Crippen LogP contribution >= 0.6 is 0 Å². The third-order valence-corrected chi connectivity index (χ3v) is 2.91. The molecule has 0 saturated heterocycles. The Morgan fingerprint density at radius 3 is 1.70 bits per heavy atom. The highest BCUT2D eigenvalue weighted by Crippen LogP contribution is 2.23. The van der Waals surface area contributed by atoms with E-state index in [9.17, 15) is 26.3 Å². The molecule has 0 aliphatic heterocycles. The standard InChI is InChI=1S/C12H22F6N2/c1-3-4-5-10(2,19)6-7-20(8-11(13,14)15)9-12(16,17)18/h3-9,19H2,1-2H3. The average molecular weight is 308 g/mol. The lowest BCUT2D eigenvalue weighted by molar-refractivity contribution is -0.180. The zero-order valence-electron chi connectivity index (χ0n) is 11.7. The van der Waals surface area contributed by atoms with Crippen LogP contribution in [0.25, 0.3) is 0 Å². The number of hydrogen-bond donors (Lipinski definition) is 1. The van der Waals surface area contributed by atoms with E-state index in [1.165, 1.54) is 0 Å². The van der Waals surface area contributed by atoms with E-state index in [-0.39, 0.29) is 13.0 Å². The minimum absolute atomic E-state index is 0.0964. The van der Waals surface area contributed by atoms with Gasteiger partial charge in [-0.2, -0.15) is 26.3 Å². The van der Waals surface area contributed by atoms with Gasteiger partial charge < -0.3 is 5.73 Å². The van der Waals surface area contributed by atoms with Crippen LogP contribution in [0, 0.1) is 0 Å². The van der Waals surface area contributed by atoms with Crippen molar-refractivity contribution in [3.05, 3.63) is 0 Å². The second-order valence-electron chi connectivity index (χ2n) is 5.45. The van der Waals surface area contributed by atoms with Crippen LogP contribution < -0.4 is 5.73 Å². The Morgan fingerprint density at radius 2 is 1.35 bits per heavy atom. The fourth-order valence-electron chi connectivity index (χ4n) is 1.84. The third-order valence-electron chi connectivity index (χ3n) is 2.91. The Bertz CT molecular complexity index is 256. The number of alkyl halides is 6. The highest BCUT2D eigenvalue weighted by atomic mass is 19.4. The van der Waals surface area contributed by atoms with Crippen molar-refractivity contribution in [2.24, 2.45) is 5.73 Å². The molecule has 2 nitrogen and oxygen atoms in total. The lowest BCUT2D eigenvalue weighted by Gasteiger charge is -2.30. The third kappa shape index (κ3) is 11.3. The van der Waals surface area contributed by atoms with Crippen LogP contribution in [0.5, 0.6) is 0 Å². The van der Waals surface area contributed by atoms with Crippen molar-refractivity contribution >= 4 is 0 Å². The van der Waals surface area contributed by atoms with Gasteiger partial charge in [-0.1, -0.05) is 19.8 Å². The maximum Gasteiger partial charge on any atom is 0.401 e. The van der Waals surface area contributed by atoms with Crippen LogP contribution in [-0.2, 0) is 0 Å². The molecule has 0 aromatic carbocycles. The zero-order valence-corrected chi connectivity index (χ0v) is 11.7. The molecule has 1 atom stereocenters. The number of nitrogens with two attached hydrogens (primary N) is 1. The molecule has 1 unspecified atom stereocenters. The van der Waals surface area contributed by atoms with Crippen LogP contribution in [0.15, 0.2) is 0 Å². The van der Waals surface area contributed by atoms with E-state index in [0.717, 1.165) is 12.8 Å². The number of halogens is 6. The Balaban J connectivity index is 4.49. The number of unbranched alkanes of at least 4 members (excludes halogenated alkanes) is 1. The first-order valence-corrected chi connectivity index (χ1v) is 6.49. The van der Waals surface area contributed by atoms with Gasteiger partial charge in [0, 0.05) is 12.1 Å². The van der Waals surface area contributed by atoms with Gasteiger partial charge >= 0.3 is 12.4 Å². The summed E-state index contributed by atoms with van der Waals surface area (Å²) in [6.45, 7) is 0.125. The Morgan fingerprint density at radius 1 is 0.900 bits per heavy atom. The van der Waals surface area contributed by atoms with Gasteiger partial charge in [-0.05, 0) is 19.8 Å². The maximum absolute atomic E-state index is 12.3. The number of rotatable bonds is 8. The summed E-state index contributed by atoms with van der Waals surface area (Å²) in [5.41, 5.74) is 5.14. The van der Waals surface area contributed by atoms with Gasteiger partial charge in [-0.3, -0.25) is 4.90 Å². The van der Waals surface area contributed by atoms with Crippen molar-refractivity contribution in [2.45, 2.75) is 57.4 Å². The van der Waals surface area contributed by atoms with Crippen molar-refractivity contribution in [1.82, 2.24) is 4.90 Å². The summed E-state index contributed by atoms with van der Waals surface area (Å²) in [5.74, 6) is 0. The molecule has 0 saturated carbocycles. The lowest BCUT2D eigenvalue weighted by Crippen LogP contribution is -2.45. The predicted molar refractivity (Wildman–Crippen MR) is 65.3 cm³/mol. The van der Waals surface area contributed by atoms with Crippen LogP contribution in [0.4, 0.5) is 26.3 Å². The summed E-state index contributed by atoms with van der Waals surface area (Å²) in [7, 11) is 0. The monoisotopic (exact) mass is 308 g/mol. The summed E-state index contributed by atoms with van der Waals surface area (Å²) in [5, 5.41) is 0. The van der Waals surface area contributed by atoms with Crippen LogP contribution in [-0.4, -0.2) is 42.4 Å². The number of nitrogens with zero attached hydrogens (tertiary/aromatic N) is 1. The molecular formula is C12H22F6N2. The number of hydrogen-bond acceptors (Lipinski definition) is 2. The second-order valence-corrected chi connectivity index (χ2v) is 5.45. The fraction of sp³-hybridized carbons (Fsp3) is 1.00. The molecule has 0 spiro atoms. The Labute approximate surface area is 115 Å². The van der Waals surface area contributed by atoms with Gasteiger partial charge in [-0.15, -0.1) is 0 Å². The first-order chi connectivity index (χ1) is 8.85. The average Bonchev–Trinajstić information content (AvgIpc) is 2.19. The van der Waals surface area contributed by atoms with E-state index in [2.05, 4.69) is 0 Å². The van der Waals surface area contributed by atoms with Crippen LogP contribution in [0.1, 0.15) is 39.5 Å². The fourth-order valence-corrected chi connectivity index (χ4v) is 1.84. The van der Waals surface area contributed by atoms with Gasteiger partial charge in [0.2, 0.25) is 0 Å². The van der Waals surface area contributed by atoms with E-state index >= 15 is 0 Å². The molecular weight excluding hydrogens is 286 g/mol. The van der Waals surface area contributed by atoms with E-state index in [0.29, 0.717) is 11.3 Å². The van der Waals surface area contributed by atoms with Gasteiger partial charge in [0.1, 0.15) is 0 Å². The molecule has 0 fully saturated rings. The van der Waals surface area contributed by atoms with Gasteiger partial charge in [-0.25, -0.2) is 0 Å². The van der Waals surface area contributed by atoms with Gasteiger partial charge in [0.25, 0.3) is 0 Å². The molecule has 0 radical (unpaired) electrons. The largest absolute Gasteiger partial charge is 0.401 e. The first-order valence-electron chi connectivity index (χ1n) is 6.49. The lowest BCUT2D eigenvalue weighted by atomic mass is 9.92. The summed E-state index contributed by atoms with van der Waals surface area (Å²) in [6, 6.07) is 0. The van der Waals surface area contributed by atoms with E-state index in [4.69, 9.17) is 5.73 Å². The van der Waals surface area contributed by atoms with Crippen molar-refractivity contribution in [3.63, 3.8) is 0 Å². The molecule has 0 rings (SSSR count). The second kappa shape index (κ2) is 7.49. The topological polar surface area (TPSA) is 29.3 Å². The zero-order chi connectivity index (χ0) is 16.0. The van der Waals surface area contributed by atoms with Crippen LogP contribution in [0.3, 0.4) is 0 Å². The van der Waals surface area contributed by atoms with Crippen molar-refractivity contribution in [2.75, 3.05) is 19.6 Å². The molecule has 0 aliphatic rings. The molecule has 0 bridgehead atoms. The molecule has 0 aromatic rings. The SMILES string of the molecule is CCCCC(C)(N)CCN(CC(F)(F)F)CC(F)(F)F. The summed E-state index contributed by atoms with van der Waals surface area (Å²) in [6.07, 6.45) is -6.96. The summed E-state index contributed by atoms with van der Waals surface area (Å²) >= 11 is 0. The molecule has 20 heavy (non-hydrogen) atoms. The molecule has 122 valence electrons. The molecule has 0 aromatic heterocycles. The Kier molecular flexibility index (Phi) is 7.30. The molecule has 8 heteroatoms. The molecule has 0 amide bonds. The highest BCUT2D eigenvalue weighted by molar-refractivity contribution is 4.81.